The molecule has 0 unspecified atom stereocenters. The number of aromatic nitrogens is 1. The highest BCUT2D eigenvalue weighted by atomic mass is 15.3. The van der Waals surface area contributed by atoms with Crippen LogP contribution < -0.4 is 4.90 Å². The smallest absolute Gasteiger partial charge is 0.146 e. The summed E-state index contributed by atoms with van der Waals surface area (Å²) in [6, 6.07) is 4.76. The number of anilines is 1. The van der Waals surface area contributed by atoms with Crippen LogP contribution in [-0.4, -0.2) is 42.1 Å². The second-order valence-electron chi connectivity index (χ2n) is 5.06. The summed E-state index contributed by atoms with van der Waals surface area (Å²) in [5.74, 6) is 0.848. The molecule has 1 aromatic heterocycles. The van der Waals surface area contributed by atoms with Gasteiger partial charge < -0.3 is 4.90 Å². The van der Waals surface area contributed by atoms with Crippen LogP contribution in [0.5, 0.6) is 0 Å². The third-order valence-corrected chi connectivity index (χ3v) is 3.60. The Morgan fingerprint density at radius 1 is 1.28 bits per heavy atom. The monoisotopic (exact) mass is 244 g/mol. The number of hydrogen-bond acceptors (Lipinski definition) is 4. The number of rotatable bonds is 2. The second-order valence-corrected chi connectivity index (χ2v) is 5.06. The molecule has 1 fully saturated rings. The topological polar surface area (TPSA) is 43.2 Å². The number of nitrogens with zero attached hydrogens (tertiary/aromatic N) is 4. The molecule has 1 aliphatic rings. The average molecular weight is 244 g/mol. The van der Waals surface area contributed by atoms with Crippen LogP contribution in [0, 0.1) is 18.3 Å². The Hall–Kier alpha value is -1.60. The second kappa shape index (κ2) is 5.36. The Morgan fingerprint density at radius 3 is 2.50 bits per heavy atom. The van der Waals surface area contributed by atoms with Crippen LogP contribution in [0.25, 0.3) is 0 Å². The predicted molar refractivity (Wildman–Crippen MR) is 72.6 cm³/mol. The third-order valence-electron chi connectivity index (χ3n) is 3.60. The van der Waals surface area contributed by atoms with Gasteiger partial charge >= 0.3 is 0 Å². The third kappa shape index (κ3) is 2.46. The lowest BCUT2D eigenvalue weighted by Gasteiger charge is -2.37. The van der Waals surface area contributed by atoms with Gasteiger partial charge in [0, 0.05) is 38.4 Å². The van der Waals surface area contributed by atoms with Gasteiger partial charge in [0.25, 0.3) is 0 Å². The van der Waals surface area contributed by atoms with Crippen LogP contribution in [0.2, 0.25) is 0 Å². The zero-order valence-electron chi connectivity index (χ0n) is 11.3. The minimum absolute atomic E-state index is 0.591. The quantitative estimate of drug-likeness (QED) is 0.795. The van der Waals surface area contributed by atoms with Gasteiger partial charge in [0.1, 0.15) is 11.9 Å². The lowest BCUT2D eigenvalue weighted by Crippen LogP contribution is -2.49. The highest BCUT2D eigenvalue weighted by molar-refractivity contribution is 5.57. The first kappa shape index (κ1) is 12.8. The summed E-state index contributed by atoms with van der Waals surface area (Å²) in [6.45, 7) is 10.4. The molecular weight excluding hydrogens is 224 g/mol. The molecule has 1 aliphatic heterocycles. The number of nitriles is 1. The molecule has 0 aromatic carbocycles. The fourth-order valence-corrected chi connectivity index (χ4v) is 2.37. The molecule has 0 N–H and O–H groups in total. The maximum atomic E-state index is 9.24. The first-order valence-corrected chi connectivity index (χ1v) is 6.48. The van der Waals surface area contributed by atoms with Crippen molar-refractivity contribution < 1.29 is 0 Å². The van der Waals surface area contributed by atoms with Gasteiger partial charge in [-0.3, -0.25) is 4.90 Å². The van der Waals surface area contributed by atoms with Crippen molar-refractivity contribution in [3.05, 3.63) is 23.4 Å². The van der Waals surface area contributed by atoms with E-state index in [9.17, 15) is 5.26 Å². The van der Waals surface area contributed by atoms with Gasteiger partial charge in [0.05, 0.1) is 5.56 Å². The van der Waals surface area contributed by atoms with E-state index in [0.29, 0.717) is 6.04 Å². The van der Waals surface area contributed by atoms with Crippen LogP contribution in [0.4, 0.5) is 5.82 Å². The van der Waals surface area contributed by atoms with Crippen molar-refractivity contribution in [1.29, 1.82) is 5.26 Å². The number of aryl methyl sites for hydroxylation is 1. The zero-order chi connectivity index (χ0) is 13.1. The molecule has 0 aliphatic carbocycles. The summed E-state index contributed by atoms with van der Waals surface area (Å²) in [7, 11) is 0. The van der Waals surface area contributed by atoms with E-state index >= 15 is 0 Å². The summed E-state index contributed by atoms with van der Waals surface area (Å²) < 4.78 is 0. The van der Waals surface area contributed by atoms with Gasteiger partial charge in [-0.2, -0.15) is 5.26 Å². The van der Waals surface area contributed by atoms with Crippen molar-refractivity contribution in [2.24, 2.45) is 0 Å². The molecule has 4 heteroatoms. The Kier molecular flexibility index (Phi) is 3.83. The predicted octanol–water partition coefficient (Wildman–Crippen LogP) is 1.79. The number of pyridine rings is 1. The van der Waals surface area contributed by atoms with Crippen LogP contribution in [0.1, 0.15) is 25.0 Å². The standard InChI is InChI=1S/C14H20N4/c1-11(2)17-6-8-18(9-7-17)14-13(10-15)12(3)4-5-16-14/h4-5,11H,6-9H2,1-3H3. The lowest BCUT2D eigenvalue weighted by atomic mass is 10.1. The Morgan fingerprint density at radius 2 is 1.94 bits per heavy atom. The van der Waals surface area contributed by atoms with Gasteiger partial charge in [-0.1, -0.05) is 0 Å². The maximum absolute atomic E-state index is 9.24. The summed E-state index contributed by atoms with van der Waals surface area (Å²) >= 11 is 0. The normalized spacial score (nSPS) is 16.9. The molecule has 0 bridgehead atoms. The van der Waals surface area contributed by atoms with Gasteiger partial charge in [0.15, 0.2) is 0 Å². The SMILES string of the molecule is Cc1ccnc(N2CCN(C(C)C)CC2)c1C#N. The van der Waals surface area contributed by atoms with Gasteiger partial charge in [0.2, 0.25) is 0 Å². The first-order valence-electron chi connectivity index (χ1n) is 6.48. The van der Waals surface area contributed by atoms with E-state index in [-0.39, 0.29) is 0 Å². The molecule has 0 atom stereocenters. The summed E-state index contributed by atoms with van der Waals surface area (Å²) in [5, 5.41) is 9.24. The van der Waals surface area contributed by atoms with Crippen molar-refractivity contribution >= 4 is 5.82 Å². The van der Waals surface area contributed by atoms with Crippen molar-refractivity contribution in [3.63, 3.8) is 0 Å². The van der Waals surface area contributed by atoms with E-state index in [4.69, 9.17) is 0 Å². The van der Waals surface area contributed by atoms with Gasteiger partial charge in [-0.15, -0.1) is 0 Å². The molecule has 4 nitrogen and oxygen atoms in total. The number of hydrogen-bond donors (Lipinski definition) is 0. The molecule has 0 spiro atoms. The highest BCUT2D eigenvalue weighted by Gasteiger charge is 2.22. The molecule has 2 heterocycles. The van der Waals surface area contributed by atoms with E-state index in [2.05, 4.69) is 34.7 Å². The number of piperazine rings is 1. The molecule has 0 radical (unpaired) electrons. The molecule has 96 valence electrons. The molecule has 0 amide bonds. The molecular formula is C14H20N4. The molecule has 2 rings (SSSR count). The van der Waals surface area contributed by atoms with Crippen LogP contribution in [0.3, 0.4) is 0 Å². The zero-order valence-corrected chi connectivity index (χ0v) is 11.3. The van der Waals surface area contributed by atoms with E-state index < -0.39 is 0 Å². The summed E-state index contributed by atoms with van der Waals surface area (Å²) in [5.41, 5.74) is 1.73. The summed E-state index contributed by atoms with van der Waals surface area (Å²) in [6.07, 6.45) is 1.79. The van der Waals surface area contributed by atoms with Gasteiger partial charge in [-0.05, 0) is 32.4 Å². The molecule has 18 heavy (non-hydrogen) atoms. The van der Waals surface area contributed by atoms with Crippen LogP contribution in [-0.2, 0) is 0 Å². The van der Waals surface area contributed by atoms with Crippen LogP contribution >= 0.6 is 0 Å². The van der Waals surface area contributed by atoms with E-state index in [1.54, 1.807) is 6.20 Å². The molecule has 1 saturated heterocycles. The maximum Gasteiger partial charge on any atom is 0.146 e. The molecule has 1 aromatic rings. The van der Waals surface area contributed by atoms with E-state index in [1.807, 2.05) is 13.0 Å². The Labute approximate surface area is 109 Å². The fraction of sp³-hybridized carbons (Fsp3) is 0.571. The van der Waals surface area contributed by atoms with Crippen molar-refractivity contribution in [3.8, 4) is 6.07 Å². The van der Waals surface area contributed by atoms with Crippen molar-refractivity contribution in [2.75, 3.05) is 31.1 Å². The largest absolute Gasteiger partial charge is 0.353 e. The minimum Gasteiger partial charge on any atom is -0.353 e. The fourth-order valence-electron chi connectivity index (χ4n) is 2.37. The molecule has 0 saturated carbocycles. The van der Waals surface area contributed by atoms with Crippen molar-refractivity contribution in [1.82, 2.24) is 9.88 Å². The lowest BCUT2D eigenvalue weighted by molar-refractivity contribution is 0.209. The highest BCUT2D eigenvalue weighted by Crippen LogP contribution is 2.21. The van der Waals surface area contributed by atoms with Gasteiger partial charge in [-0.25, -0.2) is 4.98 Å². The minimum atomic E-state index is 0.591. The van der Waals surface area contributed by atoms with Crippen LogP contribution in [0.15, 0.2) is 12.3 Å². The summed E-state index contributed by atoms with van der Waals surface area (Å²) in [4.78, 5) is 9.07. The Balaban J connectivity index is 2.15. The van der Waals surface area contributed by atoms with E-state index in [0.717, 1.165) is 43.1 Å². The Bertz CT molecular complexity index is 453. The van der Waals surface area contributed by atoms with E-state index in [1.165, 1.54) is 0 Å². The van der Waals surface area contributed by atoms with Crippen molar-refractivity contribution in [2.45, 2.75) is 26.8 Å². The average Bonchev–Trinajstić information content (AvgIpc) is 2.38. The first-order chi connectivity index (χ1) is 8.63.